The van der Waals surface area contributed by atoms with Gasteiger partial charge >= 0.3 is 0 Å². The Balaban J connectivity index is 2.35. The third kappa shape index (κ3) is 2.36. The summed E-state index contributed by atoms with van der Waals surface area (Å²) in [7, 11) is 1.62. The van der Waals surface area contributed by atoms with Crippen molar-refractivity contribution in [2.45, 2.75) is 25.8 Å². The molecule has 1 heterocycles. The van der Waals surface area contributed by atoms with Crippen molar-refractivity contribution in [3.05, 3.63) is 30.1 Å². The van der Waals surface area contributed by atoms with Gasteiger partial charge in [0.2, 0.25) is 0 Å². The van der Waals surface area contributed by atoms with E-state index in [1.165, 1.54) is 0 Å². The van der Waals surface area contributed by atoms with Crippen LogP contribution in [0.2, 0.25) is 0 Å². The van der Waals surface area contributed by atoms with Gasteiger partial charge in [-0.1, -0.05) is 18.1 Å². The Bertz CT molecular complexity index is 535. The first-order valence-electron chi connectivity index (χ1n) is 5.84. The molecule has 18 heavy (non-hydrogen) atoms. The number of aromatic nitrogens is 2. The van der Waals surface area contributed by atoms with Gasteiger partial charge in [0, 0.05) is 5.56 Å². The van der Waals surface area contributed by atoms with Gasteiger partial charge in [-0.25, -0.2) is 0 Å². The van der Waals surface area contributed by atoms with Gasteiger partial charge in [-0.05, 0) is 31.5 Å². The van der Waals surface area contributed by atoms with E-state index in [4.69, 9.17) is 15.0 Å². The zero-order valence-corrected chi connectivity index (χ0v) is 10.8. The molecule has 1 aromatic heterocycles. The van der Waals surface area contributed by atoms with Crippen LogP contribution in [0.25, 0.3) is 11.5 Å². The molecule has 1 unspecified atom stereocenters. The Hall–Kier alpha value is -1.88. The Labute approximate surface area is 106 Å². The molecule has 0 saturated carbocycles. The predicted octanol–water partition coefficient (Wildman–Crippen LogP) is 2.33. The largest absolute Gasteiger partial charge is 0.497 e. The molecule has 5 heteroatoms. The minimum absolute atomic E-state index is 0.453. The van der Waals surface area contributed by atoms with Crippen LogP contribution in [0.1, 0.15) is 26.1 Å². The number of nitrogens with zero attached hydrogens (tertiary/aromatic N) is 2. The molecule has 96 valence electrons. The summed E-state index contributed by atoms with van der Waals surface area (Å²) in [6, 6.07) is 7.47. The lowest BCUT2D eigenvalue weighted by atomic mass is 10.00. The van der Waals surface area contributed by atoms with Crippen molar-refractivity contribution in [2.24, 2.45) is 5.73 Å². The Morgan fingerprint density at radius 2 is 2.22 bits per heavy atom. The molecule has 0 aliphatic heterocycles. The third-order valence-electron chi connectivity index (χ3n) is 2.99. The number of nitrogens with two attached hydrogens (primary N) is 1. The molecule has 0 aliphatic rings. The van der Waals surface area contributed by atoms with E-state index in [0.717, 1.165) is 17.7 Å². The summed E-state index contributed by atoms with van der Waals surface area (Å²) in [5.74, 6) is 1.72. The van der Waals surface area contributed by atoms with Gasteiger partial charge in [-0.15, -0.1) is 0 Å². The number of hydrogen-bond acceptors (Lipinski definition) is 5. The summed E-state index contributed by atoms with van der Waals surface area (Å²) in [6.07, 6.45) is 0.740. The lowest BCUT2D eigenvalue weighted by molar-refractivity contribution is 0.378. The lowest BCUT2D eigenvalue weighted by Crippen LogP contribution is -2.33. The van der Waals surface area contributed by atoms with E-state index in [2.05, 4.69) is 10.1 Å². The molecule has 2 N–H and O–H groups in total. The normalized spacial score (nSPS) is 14.2. The highest BCUT2D eigenvalue weighted by molar-refractivity contribution is 5.55. The van der Waals surface area contributed by atoms with Crippen LogP contribution >= 0.6 is 0 Å². The molecule has 0 saturated heterocycles. The number of hydrogen-bond donors (Lipinski definition) is 1. The van der Waals surface area contributed by atoms with Gasteiger partial charge in [0.1, 0.15) is 5.75 Å². The highest BCUT2D eigenvalue weighted by Gasteiger charge is 2.25. The van der Waals surface area contributed by atoms with E-state index < -0.39 is 5.54 Å². The number of ether oxygens (including phenoxy) is 1. The third-order valence-corrected chi connectivity index (χ3v) is 2.99. The predicted molar refractivity (Wildman–Crippen MR) is 68.1 cm³/mol. The molecule has 1 aromatic carbocycles. The van der Waals surface area contributed by atoms with Crippen LogP contribution in [-0.2, 0) is 5.54 Å². The molecule has 0 fully saturated rings. The maximum absolute atomic E-state index is 6.08. The fourth-order valence-electron chi connectivity index (χ4n) is 1.49. The summed E-state index contributed by atoms with van der Waals surface area (Å²) in [5.41, 5.74) is 6.33. The Morgan fingerprint density at radius 3 is 2.89 bits per heavy atom. The second-order valence-corrected chi connectivity index (χ2v) is 4.43. The van der Waals surface area contributed by atoms with Crippen LogP contribution in [0.3, 0.4) is 0 Å². The van der Waals surface area contributed by atoms with Crippen molar-refractivity contribution >= 4 is 0 Å². The minimum Gasteiger partial charge on any atom is -0.497 e. The van der Waals surface area contributed by atoms with Gasteiger partial charge in [0.15, 0.2) is 5.82 Å². The van der Waals surface area contributed by atoms with E-state index in [1.54, 1.807) is 7.11 Å². The minimum atomic E-state index is -0.569. The zero-order chi connectivity index (χ0) is 13.2. The summed E-state index contributed by atoms with van der Waals surface area (Å²) < 4.78 is 10.4. The molecular weight excluding hydrogens is 230 g/mol. The van der Waals surface area contributed by atoms with Crippen molar-refractivity contribution in [2.75, 3.05) is 7.11 Å². The van der Waals surface area contributed by atoms with E-state index >= 15 is 0 Å². The van der Waals surface area contributed by atoms with Crippen LogP contribution in [0.15, 0.2) is 28.8 Å². The first-order valence-corrected chi connectivity index (χ1v) is 5.84. The average molecular weight is 247 g/mol. The maximum atomic E-state index is 6.08. The molecule has 2 aromatic rings. The van der Waals surface area contributed by atoms with E-state index in [1.807, 2.05) is 38.1 Å². The van der Waals surface area contributed by atoms with Crippen molar-refractivity contribution in [3.8, 4) is 17.2 Å². The molecule has 1 atom stereocenters. The monoisotopic (exact) mass is 247 g/mol. The van der Waals surface area contributed by atoms with Gasteiger partial charge in [-0.3, -0.25) is 0 Å². The quantitative estimate of drug-likeness (QED) is 0.897. The van der Waals surface area contributed by atoms with Crippen molar-refractivity contribution in [1.82, 2.24) is 10.1 Å². The summed E-state index contributed by atoms with van der Waals surface area (Å²) >= 11 is 0. The first-order chi connectivity index (χ1) is 8.56. The van der Waals surface area contributed by atoms with E-state index in [0.29, 0.717) is 11.7 Å². The highest BCUT2D eigenvalue weighted by atomic mass is 16.5. The Kier molecular flexibility index (Phi) is 3.34. The van der Waals surface area contributed by atoms with Gasteiger partial charge in [0.25, 0.3) is 5.89 Å². The SMILES string of the molecule is CCC(C)(N)c1noc(-c2cccc(OC)c2)n1. The van der Waals surface area contributed by atoms with Crippen LogP contribution in [0, 0.1) is 0 Å². The summed E-state index contributed by atoms with van der Waals surface area (Å²) in [5, 5.41) is 3.94. The molecule has 0 amide bonds. The second kappa shape index (κ2) is 4.78. The molecule has 0 aliphatic carbocycles. The highest BCUT2D eigenvalue weighted by Crippen LogP contribution is 2.25. The lowest BCUT2D eigenvalue weighted by Gasteiger charge is -2.16. The van der Waals surface area contributed by atoms with E-state index in [-0.39, 0.29) is 0 Å². The number of methoxy groups -OCH3 is 1. The van der Waals surface area contributed by atoms with Crippen LogP contribution in [0.4, 0.5) is 0 Å². The second-order valence-electron chi connectivity index (χ2n) is 4.43. The smallest absolute Gasteiger partial charge is 0.258 e. The van der Waals surface area contributed by atoms with Gasteiger partial charge in [0.05, 0.1) is 12.6 Å². The fraction of sp³-hybridized carbons (Fsp3) is 0.385. The standard InChI is InChI=1S/C13H17N3O2/c1-4-13(2,14)12-15-11(18-16-12)9-6-5-7-10(8-9)17-3/h5-8H,4,14H2,1-3H3. The van der Waals surface area contributed by atoms with Gasteiger partial charge < -0.3 is 15.0 Å². The number of rotatable bonds is 4. The van der Waals surface area contributed by atoms with Crippen molar-refractivity contribution < 1.29 is 9.26 Å². The first kappa shape index (κ1) is 12.6. The topological polar surface area (TPSA) is 74.2 Å². The average Bonchev–Trinajstić information content (AvgIpc) is 2.89. The van der Waals surface area contributed by atoms with Crippen LogP contribution in [0.5, 0.6) is 5.75 Å². The van der Waals surface area contributed by atoms with Crippen LogP contribution in [-0.4, -0.2) is 17.3 Å². The summed E-state index contributed by atoms with van der Waals surface area (Å²) in [6.45, 7) is 3.87. The maximum Gasteiger partial charge on any atom is 0.258 e. The fourth-order valence-corrected chi connectivity index (χ4v) is 1.49. The summed E-state index contributed by atoms with van der Waals surface area (Å²) in [4.78, 5) is 4.34. The zero-order valence-electron chi connectivity index (χ0n) is 10.8. The molecule has 0 bridgehead atoms. The molecule has 0 spiro atoms. The Morgan fingerprint density at radius 1 is 1.44 bits per heavy atom. The van der Waals surface area contributed by atoms with Crippen molar-refractivity contribution in [3.63, 3.8) is 0 Å². The molecular formula is C13H17N3O2. The van der Waals surface area contributed by atoms with Gasteiger partial charge in [-0.2, -0.15) is 4.98 Å². The van der Waals surface area contributed by atoms with E-state index in [9.17, 15) is 0 Å². The molecule has 2 rings (SSSR count). The number of benzene rings is 1. The molecule has 5 nitrogen and oxygen atoms in total. The van der Waals surface area contributed by atoms with Crippen LogP contribution < -0.4 is 10.5 Å². The van der Waals surface area contributed by atoms with Crippen molar-refractivity contribution in [1.29, 1.82) is 0 Å². The molecule has 0 radical (unpaired) electrons.